The topological polar surface area (TPSA) is 115 Å². The molecule has 1 aromatic heterocycles. The maximum atomic E-state index is 13.4. The summed E-state index contributed by atoms with van der Waals surface area (Å²) in [6.45, 7) is 21.9. The Balaban J connectivity index is 1.19. The van der Waals surface area contributed by atoms with E-state index in [4.69, 9.17) is 4.74 Å². The molecule has 2 N–H and O–H groups in total. The molecule has 0 radical (unpaired) electrons. The fraction of sp³-hybridized carbons (Fsp3) is 0.657. The molecule has 1 amide bonds. The number of nitrogens with zero attached hydrogens (tertiary/aromatic N) is 5. The van der Waals surface area contributed by atoms with Crippen LogP contribution in [0.2, 0.25) is 0 Å². The number of hydrogen-bond acceptors (Lipinski definition) is 8. The van der Waals surface area contributed by atoms with Gasteiger partial charge >= 0.3 is 0 Å². The lowest BCUT2D eigenvalue weighted by molar-refractivity contribution is -0.164. The normalized spacial score (nSPS) is 28.5. The second kappa shape index (κ2) is 12.3. The molecule has 2 aromatic rings. The Hall–Kier alpha value is -3.22. The minimum atomic E-state index is -0.321. The maximum Gasteiger partial charge on any atom is 0.254 e. The molecule has 2 saturated heterocycles. The van der Waals surface area contributed by atoms with Gasteiger partial charge in [0.25, 0.3) is 5.91 Å². The monoisotopic (exact) mass is 602 g/mol. The number of carbonyl (C=O) groups excluding carboxylic acids is 1. The van der Waals surface area contributed by atoms with E-state index in [0.717, 1.165) is 62.4 Å². The van der Waals surface area contributed by atoms with Crippen LogP contribution in [0.4, 0.5) is 5.95 Å². The summed E-state index contributed by atoms with van der Waals surface area (Å²) >= 11 is 0. The summed E-state index contributed by atoms with van der Waals surface area (Å²) < 4.78 is 6.56. The zero-order chi connectivity index (χ0) is 32.0. The lowest BCUT2D eigenvalue weighted by Gasteiger charge is -2.63. The number of amides is 1. The van der Waals surface area contributed by atoms with Crippen LogP contribution in [0.1, 0.15) is 81.4 Å². The van der Waals surface area contributed by atoms with Gasteiger partial charge in [0.05, 0.1) is 23.3 Å². The van der Waals surface area contributed by atoms with Crippen molar-refractivity contribution in [2.24, 2.45) is 28.6 Å². The number of hydrogen-bond donors (Lipinski definition) is 2. The summed E-state index contributed by atoms with van der Waals surface area (Å²) in [6, 6.07) is 5.81. The molecule has 1 saturated carbocycles. The maximum absolute atomic E-state index is 13.4. The van der Waals surface area contributed by atoms with Crippen molar-refractivity contribution in [3.8, 4) is 11.8 Å². The average Bonchev–Trinajstić information content (AvgIpc) is 2.99. The Morgan fingerprint density at radius 3 is 2.20 bits per heavy atom. The highest BCUT2D eigenvalue weighted by Crippen LogP contribution is 2.55. The average molecular weight is 603 g/mol. The molecule has 9 heteroatoms. The number of benzene rings is 1. The van der Waals surface area contributed by atoms with Gasteiger partial charge in [-0.1, -0.05) is 41.5 Å². The van der Waals surface area contributed by atoms with E-state index in [2.05, 4.69) is 72.7 Å². The third-order valence-electron chi connectivity index (χ3n) is 10.9. The van der Waals surface area contributed by atoms with Crippen molar-refractivity contribution in [3.05, 3.63) is 46.8 Å². The highest BCUT2D eigenvalue weighted by atomic mass is 16.5. The molecule has 0 bridgehead atoms. The third-order valence-corrected chi connectivity index (χ3v) is 10.9. The molecular weight excluding hydrogens is 552 g/mol. The van der Waals surface area contributed by atoms with Crippen LogP contribution in [0, 0.1) is 53.8 Å². The number of aliphatic hydroxyl groups excluding tert-OH is 1. The highest BCUT2D eigenvalue weighted by Gasteiger charge is 2.64. The summed E-state index contributed by atoms with van der Waals surface area (Å²) in [5.41, 5.74) is 2.37. The molecule has 44 heavy (non-hydrogen) atoms. The van der Waals surface area contributed by atoms with E-state index in [-0.39, 0.29) is 35.0 Å². The van der Waals surface area contributed by atoms with Crippen molar-refractivity contribution < 1.29 is 14.6 Å². The number of nitrogens with one attached hydrogen (secondary N) is 1. The summed E-state index contributed by atoms with van der Waals surface area (Å²) in [4.78, 5) is 27.4. The number of rotatable bonds is 7. The van der Waals surface area contributed by atoms with Gasteiger partial charge in [-0.05, 0) is 67.7 Å². The van der Waals surface area contributed by atoms with E-state index in [1.165, 1.54) is 0 Å². The van der Waals surface area contributed by atoms with Crippen molar-refractivity contribution in [1.29, 1.82) is 5.26 Å². The highest BCUT2D eigenvalue weighted by molar-refractivity contribution is 5.94. The van der Waals surface area contributed by atoms with Crippen molar-refractivity contribution >= 4 is 11.9 Å². The predicted molar refractivity (Wildman–Crippen MR) is 172 cm³/mol. The van der Waals surface area contributed by atoms with Gasteiger partial charge in [-0.15, -0.1) is 0 Å². The first-order valence-electron chi connectivity index (χ1n) is 16.2. The first kappa shape index (κ1) is 32.2. The lowest BCUT2D eigenvalue weighted by Crippen LogP contribution is -2.74. The van der Waals surface area contributed by atoms with Crippen molar-refractivity contribution in [1.82, 2.24) is 20.2 Å². The van der Waals surface area contributed by atoms with Gasteiger partial charge in [0.1, 0.15) is 11.9 Å². The number of ether oxygens (including phenoxy) is 1. The molecule has 1 aromatic carbocycles. The summed E-state index contributed by atoms with van der Waals surface area (Å²) in [5.74, 6) is 2.85. The molecule has 3 heterocycles. The van der Waals surface area contributed by atoms with Crippen molar-refractivity contribution in [3.63, 3.8) is 0 Å². The van der Waals surface area contributed by atoms with E-state index < -0.39 is 0 Å². The number of nitriles is 1. The second-order valence-electron chi connectivity index (χ2n) is 14.8. The first-order chi connectivity index (χ1) is 20.7. The second-order valence-corrected chi connectivity index (χ2v) is 14.8. The fourth-order valence-corrected chi connectivity index (χ4v) is 8.31. The van der Waals surface area contributed by atoms with Crippen LogP contribution in [0.25, 0.3) is 0 Å². The number of aliphatic hydroxyl groups is 1. The number of carbonyl (C=O) groups is 1. The Bertz CT molecular complexity index is 1360. The Morgan fingerprint density at radius 1 is 1.05 bits per heavy atom. The van der Waals surface area contributed by atoms with Crippen LogP contribution in [0.3, 0.4) is 0 Å². The fourth-order valence-electron chi connectivity index (χ4n) is 8.31. The van der Waals surface area contributed by atoms with Gasteiger partial charge in [-0.2, -0.15) is 5.26 Å². The summed E-state index contributed by atoms with van der Waals surface area (Å²) in [6.07, 6.45) is 4.77. The molecule has 3 atom stereocenters. The van der Waals surface area contributed by atoms with Crippen molar-refractivity contribution in [2.45, 2.75) is 86.5 Å². The minimum Gasteiger partial charge on any atom is -0.489 e. The summed E-state index contributed by atoms with van der Waals surface area (Å²) in [7, 11) is 0. The molecular formula is C35H50N6O3. The van der Waals surface area contributed by atoms with E-state index in [9.17, 15) is 15.2 Å². The Kier molecular flexibility index (Phi) is 8.99. The van der Waals surface area contributed by atoms with Gasteiger partial charge < -0.3 is 25.0 Å². The number of anilines is 1. The smallest absolute Gasteiger partial charge is 0.254 e. The van der Waals surface area contributed by atoms with E-state index in [0.29, 0.717) is 34.8 Å². The quantitative estimate of drug-likeness (QED) is 0.467. The van der Waals surface area contributed by atoms with Crippen LogP contribution in [-0.2, 0) is 0 Å². The zero-order valence-electron chi connectivity index (χ0n) is 27.7. The van der Waals surface area contributed by atoms with E-state index >= 15 is 0 Å². The third kappa shape index (κ3) is 6.03. The minimum absolute atomic E-state index is 0.115. The molecule has 1 aliphatic carbocycles. The molecule has 1 unspecified atom stereocenters. The number of likely N-dealkylation sites (tertiary alicyclic amines) is 1. The molecule has 238 valence electrons. The van der Waals surface area contributed by atoms with Gasteiger partial charge in [0.15, 0.2) is 0 Å². The van der Waals surface area contributed by atoms with Gasteiger partial charge in [-0.25, -0.2) is 9.97 Å². The standard InChI is InChI=1S/C35H50N6O3/c1-21-18-41(19-22(2)28(21)20-40-13-11-27(42)12-14-40)33-37-16-26(17-38-33)30(43)39-31-34(5,6)32(35(31,7)8)44-29-10-9-25(15-36)23(3)24(29)4/h9-10,16-17,21-22,27-28,31-32,42H,11-14,18-20H2,1-8H3,(H,39,43)/t21-,22+,28?,31?,32?. The SMILES string of the molecule is Cc1c(C#N)ccc(OC2C(C)(C)C(NC(=O)c3cnc(N4C[C@@H](C)C(CN5CCC(O)CC5)[C@@H](C)C4)nc3)C2(C)C)c1C. The first-order valence-corrected chi connectivity index (χ1v) is 16.2. The molecule has 2 aliphatic heterocycles. The van der Waals surface area contributed by atoms with Crippen LogP contribution in [-0.4, -0.2) is 76.9 Å². The van der Waals surface area contributed by atoms with Crippen molar-refractivity contribution in [2.75, 3.05) is 37.6 Å². The molecule has 9 nitrogen and oxygen atoms in total. The van der Waals surface area contributed by atoms with Crippen LogP contribution < -0.4 is 15.0 Å². The van der Waals surface area contributed by atoms with Crippen LogP contribution in [0.15, 0.2) is 24.5 Å². The predicted octanol–water partition coefficient (Wildman–Crippen LogP) is 4.74. The van der Waals surface area contributed by atoms with Crippen LogP contribution in [0.5, 0.6) is 5.75 Å². The largest absolute Gasteiger partial charge is 0.489 e. The van der Waals surface area contributed by atoms with E-state index in [1.54, 1.807) is 12.4 Å². The summed E-state index contributed by atoms with van der Waals surface area (Å²) in [5, 5.41) is 22.5. The zero-order valence-corrected chi connectivity index (χ0v) is 27.7. The van der Waals surface area contributed by atoms with Gasteiger partial charge in [-0.3, -0.25) is 4.79 Å². The molecule has 5 rings (SSSR count). The van der Waals surface area contributed by atoms with Crippen LogP contribution >= 0.6 is 0 Å². The van der Waals surface area contributed by atoms with Gasteiger partial charge in [0.2, 0.25) is 5.95 Å². The lowest BCUT2D eigenvalue weighted by atomic mass is 9.49. The Labute approximate surface area is 263 Å². The Morgan fingerprint density at radius 2 is 1.64 bits per heavy atom. The van der Waals surface area contributed by atoms with Gasteiger partial charge in [0, 0.05) is 62.0 Å². The molecule has 3 fully saturated rings. The van der Waals surface area contributed by atoms with E-state index in [1.807, 2.05) is 26.0 Å². The number of aromatic nitrogens is 2. The molecule has 0 spiro atoms. The molecule has 3 aliphatic rings. The number of piperidine rings is 2.